The lowest BCUT2D eigenvalue weighted by Crippen LogP contribution is -1.92. The molecule has 0 saturated carbocycles. The summed E-state index contributed by atoms with van der Waals surface area (Å²) < 4.78 is 7.18. The molecule has 0 aliphatic heterocycles. The summed E-state index contributed by atoms with van der Waals surface area (Å²) in [4.78, 5) is 9.04. The van der Waals surface area contributed by atoms with Gasteiger partial charge in [-0.05, 0) is 23.8 Å². The zero-order valence-electron chi connectivity index (χ0n) is 15.4. The summed E-state index contributed by atoms with van der Waals surface area (Å²) in [6, 6.07) is 24.3. The van der Waals surface area contributed by atoms with Gasteiger partial charge in [0.25, 0.3) is 0 Å². The highest BCUT2D eigenvalue weighted by molar-refractivity contribution is 7.25. The van der Waals surface area contributed by atoms with Gasteiger partial charge >= 0.3 is 0 Å². The molecule has 0 radical (unpaired) electrons. The number of hydrogen-bond acceptors (Lipinski definition) is 6. The fraction of sp³-hybridized carbons (Fsp3) is 0. The normalized spacial score (nSPS) is 11.3. The van der Waals surface area contributed by atoms with Gasteiger partial charge in [-0.1, -0.05) is 42.5 Å². The van der Waals surface area contributed by atoms with Crippen LogP contribution in [0, 0.1) is 22.7 Å². The summed E-state index contributed by atoms with van der Waals surface area (Å²) in [7, 11) is 0. The first kappa shape index (κ1) is 16.7. The van der Waals surface area contributed by atoms with Gasteiger partial charge in [0.15, 0.2) is 5.69 Å². The number of furan rings is 1. The Bertz CT molecular complexity index is 1730. The summed E-state index contributed by atoms with van der Waals surface area (Å²) in [6.45, 7) is 0. The first-order valence-corrected chi connectivity index (χ1v) is 10.0. The number of para-hydroxylation sites is 2. The van der Waals surface area contributed by atoms with Crippen molar-refractivity contribution in [1.29, 1.82) is 10.5 Å². The third-order valence-electron chi connectivity index (χ3n) is 5.25. The lowest BCUT2D eigenvalue weighted by Gasteiger charge is -2.04. The quantitative estimate of drug-likeness (QED) is 0.329. The highest BCUT2D eigenvalue weighted by Gasteiger charge is 2.17. The van der Waals surface area contributed by atoms with Crippen molar-refractivity contribution in [1.82, 2.24) is 9.97 Å². The molecule has 0 saturated heterocycles. The smallest absolute Gasteiger partial charge is 0.234 e. The van der Waals surface area contributed by atoms with E-state index in [9.17, 15) is 5.26 Å². The highest BCUT2D eigenvalue weighted by atomic mass is 32.1. The molecule has 5 nitrogen and oxygen atoms in total. The van der Waals surface area contributed by atoms with Gasteiger partial charge in [0.1, 0.15) is 28.1 Å². The second-order valence-electron chi connectivity index (χ2n) is 6.89. The Morgan fingerprint density at radius 3 is 2.57 bits per heavy atom. The van der Waals surface area contributed by atoms with Crippen LogP contribution in [0.3, 0.4) is 0 Å². The summed E-state index contributed by atoms with van der Waals surface area (Å²) in [5, 5.41) is 22.5. The molecule has 0 atom stereocenters. The van der Waals surface area contributed by atoms with Gasteiger partial charge in [0.2, 0.25) is 5.82 Å². The van der Waals surface area contributed by atoms with E-state index in [1.165, 1.54) is 11.3 Å². The van der Waals surface area contributed by atoms with Gasteiger partial charge < -0.3 is 4.42 Å². The number of rotatable bonds is 1. The molecule has 0 spiro atoms. The fourth-order valence-corrected chi connectivity index (χ4v) is 5.00. The van der Waals surface area contributed by atoms with Crippen LogP contribution in [0.15, 0.2) is 65.1 Å². The van der Waals surface area contributed by atoms with E-state index >= 15 is 0 Å². The number of aromatic nitrogens is 2. The van der Waals surface area contributed by atoms with E-state index in [1.807, 2.05) is 54.6 Å². The van der Waals surface area contributed by atoms with E-state index in [0.717, 1.165) is 43.2 Å². The maximum absolute atomic E-state index is 9.58. The first-order chi connectivity index (χ1) is 14.8. The topological polar surface area (TPSA) is 86.5 Å². The Balaban J connectivity index is 1.67. The van der Waals surface area contributed by atoms with E-state index in [0.29, 0.717) is 10.2 Å². The minimum Gasteiger partial charge on any atom is -0.455 e. The molecule has 0 aliphatic rings. The third-order valence-corrected chi connectivity index (χ3v) is 6.32. The standard InChI is InChI=1S/C24H10N4OS/c25-11-18-22-17-10-13(8-9-20(17)30-24(22)28-21(12-26)27-18)14-5-3-6-16-15-4-1-2-7-19(15)29-23(14)16/h1-10H. The molecule has 0 aliphatic carbocycles. The van der Waals surface area contributed by atoms with Crippen LogP contribution in [-0.2, 0) is 0 Å². The molecule has 138 valence electrons. The van der Waals surface area contributed by atoms with Crippen LogP contribution in [0.5, 0.6) is 0 Å². The van der Waals surface area contributed by atoms with Crippen molar-refractivity contribution in [3.63, 3.8) is 0 Å². The van der Waals surface area contributed by atoms with E-state index in [-0.39, 0.29) is 11.5 Å². The average molecular weight is 402 g/mol. The van der Waals surface area contributed by atoms with Crippen LogP contribution >= 0.6 is 11.3 Å². The van der Waals surface area contributed by atoms with Gasteiger partial charge in [-0.25, -0.2) is 9.97 Å². The van der Waals surface area contributed by atoms with Crippen LogP contribution < -0.4 is 0 Å². The molecule has 6 rings (SSSR count). The monoisotopic (exact) mass is 402 g/mol. The molecule has 6 aromatic rings. The lowest BCUT2D eigenvalue weighted by molar-refractivity contribution is 0.670. The molecular formula is C24H10N4OS. The SMILES string of the molecule is N#Cc1nc(C#N)c2c(n1)sc1ccc(-c3cccc4c3oc3ccccc34)cc12. The molecular weight excluding hydrogens is 392 g/mol. The van der Waals surface area contributed by atoms with Gasteiger partial charge in [0.05, 0.1) is 5.39 Å². The Morgan fingerprint density at radius 2 is 1.70 bits per heavy atom. The largest absolute Gasteiger partial charge is 0.455 e. The molecule has 6 heteroatoms. The van der Waals surface area contributed by atoms with E-state index in [2.05, 4.69) is 28.2 Å². The second kappa shape index (κ2) is 6.12. The van der Waals surface area contributed by atoms with Crippen LogP contribution in [0.2, 0.25) is 0 Å². The van der Waals surface area contributed by atoms with Crippen molar-refractivity contribution in [3.05, 3.63) is 72.2 Å². The molecule has 3 aromatic carbocycles. The van der Waals surface area contributed by atoms with E-state index in [1.54, 1.807) is 0 Å². The predicted octanol–water partition coefficient (Wildman–Crippen LogP) is 6.15. The van der Waals surface area contributed by atoms with Crippen molar-refractivity contribution >= 4 is 53.6 Å². The minimum atomic E-state index is 0.0119. The molecule has 0 fully saturated rings. The van der Waals surface area contributed by atoms with Crippen LogP contribution in [0.4, 0.5) is 0 Å². The fourth-order valence-electron chi connectivity index (χ4n) is 3.95. The maximum Gasteiger partial charge on any atom is 0.234 e. The molecule has 0 amide bonds. The lowest BCUT2D eigenvalue weighted by atomic mass is 10.0. The zero-order valence-corrected chi connectivity index (χ0v) is 16.2. The number of benzene rings is 3. The van der Waals surface area contributed by atoms with Crippen molar-refractivity contribution in [2.24, 2.45) is 0 Å². The van der Waals surface area contributed by atoms with Gasteiger partial charge in [-0.2, -0.15) is 10.5 Å². The molecule has 0 unspecified atom stereocenters. The Morgan fingerprint density at radius 1 is 0.833 bits per heavy atom. The van der Waals surface area contributed by atoms with Crippen LogP contribution in [0.25, 0.3) is 53.4 Å². The van der Waals surface area contributed by atoms with Crippen molar-refractivity contribution in [2.45, 2.75) is 0 Å². The average Bonchev–Trinajstić information content (AvgIpc) is 3.35. The van der Waals surface area contributed by atoms with Crippen molar-refractivity contribution in [2.75, 3.05) is 0 Å². The summed E-state index contributed by atoms with van der Waals surface area (Å²) in [6.07, 6.45) is 0. The number of nitriles is 2. The third kappa shape index (κ3) is 2.26. The maximum atomic E-state index is 9.58. The van der Waals surface area contributed by atoms with Crippen molar-refractivity contribution < 1.29 is 4.42 Å². The molecule has 3 heterocycles. The van der Waals surface area contributed by atoms with Crippen molar-refractivity contribution in [3.8, 4) is 23.3 Å². The summed E-state index contributed by atoms with van der Waals surface area (Å²) in [5.74, 6) is 0.0119. The van der Waals surface area contributed by atoms with Gasteiger partial charge in [0, 0.05) is 26.4 Å². The minimum absolute atomic E-state index is 0.0119. The highest BCUT2D eigenvalue weighted by Crippen LogP contribution is 2.40. The number of nitrogens with zero attached hydrogens (tertiary/aromatic N) is 4. The number of hydrogen-bond donors (Lipinski definition) is 0. The Kier molecular flexibility index (Phi) is 3.40. The summed E-state index contributed by atoms with van der Waals surface area (Å²) >= 11 is 1.46. The molecule has 3 aromatic heterocycles. The molecule has 0 bridgehead atoms. The number of thiophene rings is 1. The second-order valence-corrected chi connectivity index (χ2v) is 7.92. The summed E-state index contributed by atoms with van der Waals surface area (Å²) in [5.41, 5.74) is 3.88. The van der Waals surface area contributed by atoms with Gasteiger partial charge in [-0.15, -0.1) is 11.3 Å². The van der Waals surface area contributed by atoms with Crippen LogP contribution in [-0.4, -0.2) is 9.97 Å². The van der Waals surface area contributed by atoms with E-state index in [4.69, 9.17) is 9.68 Å². The Labute approximate surface area is 174 Å². The Hall–Kier alpha value is -4.26. The zero-order chi connectivity index (χ0) is 20.2. The first-order valence-electron chi connectivity index (χ1n) is 9.22. The van der Waals surface area contributed by atoms with Crippen LogP contribution in [0.1, 0.15) is 11.5 Å². The molecule has 30 heavy (non-hydrogen) atoms. The molecule has 0 N–H and O–H groups in total. The number of fused-ring (bicyclic) bond motifs is 6. The van der Waals surface area contributed by atoms with Gasteiger partial charge in [-0.3, -0.25) is 0 Å². The van der Waals surface area contributed by atoms with E-state index < -0.39 is 0 Å². The predicted molar refractivity (Wildman–Crippen MR) is 117 cm³/mol.